The first-order valence-corrected chi connectivity index (χ1v) is 5.42. The SMILES string of the molecule is CC(C)N(CCCO)c1ccc(C#N)nc1. The number of rotatable bonds is 5. The van der Waals surface area contributed by atoms with Crippen LogP contribution in [0.3, 0.4) is 0 Å². The minimum Gasteiger partial charge on any atom is -0.396 e. The van der Waals surface area contributed by atoms with E-state index in [1.807, 2.05) is 12.1 Å². The number of aromatic nitrogens is 1. The molecule has 86 valence electrons. The molecule has 0 bridgehead atoms. The molecular formula is C12H17N3O. The van der Waals surface area contributed by atoms with Crippen LogP contribution < -0.4 is 4.90 Å². The Morgan fingerprint density at radius 3 is 2.69 bits per heavy atom. The topological polar surface area (TPSA) is 60.1 Å². The van der Waals surface area contributed by atoms with Gasteiger partial charge in [-0.2, -0.15) is 5.26 Å². The van der Waals surface area contributed by atoms with Crippen LogP contribution in [0.15, 0.2) is 18.3 Å². The van der Waals surface area contributed by atoms with Crippen molar-refractivity contribution in [2.75, 3.05) is 18.1 Å². The van der Waals surface area contributed by atoms with Crippen molar-refractivity contribution in [1.82, 2.24) is 4.98 Å². The highest BCUT2D eigenvalue weighted by Gasteiger charge is 2.10. The fourth-order valence-electron chi connectivity index (χ4n) is 1.55. The zero-order chi connectivity index (χ0) is 12.0. The molecule has 1 heterocycles. The summed E-state index contributed by atoms with van der Waals surface area (Å²) < 4.78 is 0. The standard InChI is InChI=1S/C12H17N3O/c1-10(2)15(6-3-7-16)12-5-4-11(8-13)14-9-12/h4-5,9-10,16H,3,6-7H2,1-2H3. The Morgan fingerprint density at radius 2 is 2.25 bits per heavy atom. The molecular weight excluding hydrogens is 202 g/mol. The second-order valence-corrected chi connectivity index (χ2v) is 3.88. The molecule has 0 spiro atoms. The lowest BCUT2D eigenvalue weighted by Gasteiger charge is -2.28. The second kappa shape index (κ2) is 6.09. The van der Waals surface area contributed by atoms with Gasteiger partial charge in [0, 0.05) is 19.2 Å². The van der Waals surface area contributed by atoms with Crippen molar-refractivity contribution in [3.8, 4) is 6.07 Å². The average molecular weight is 219 g/mol. The zero-order valence-electron chi connectivity index (χ0n) is 9.72. The molecule has 0 radical (unpaired) electrons. The van der Waals surface area contributed by atoms with E-state index in [0.29, 0.717) is 11.7 Å². The Hall–Kier alpha value is -1.60. The van der Waals surface area contributed by atoms with E-state index in [1.165, 1.54) is 0 Å². The molecule has 4 heteroatoms. The highest BCUT2D eigenvalue weighted by molar-refractivity contribution is 5.46. The molecule has 0 saturated carbocycles. The number of aliphatic hydroxyl groups is 1. The van der Waals surface area contributed by atoms with E-state index in [0.717, 1.165) is 18.7 Å². The quantitative estimate of drug-likeness (QED) is 0.816. The van der Waals surface area contributed by atoms with Crippen LogP contribution in [0, 0.1) is 11.3 Å². The monoisotopic (exact) mass is 219 g/mol. The number of hydrogen-bond donors (Lipinski definition) is 1. The predicted molar refractivity (Wildman–Crippen MR) is 63.1 cm³/mol. The van der Waals surface area contributed by atoms with Gasteiger partial charge in [-0.25, -0.2) is 4.98 Å². The average Bonchev–Trinajstić information content (AvgIpc) is 2.30. The highest BCUT2D eigenvalue weighted by atomic mass is 16.3. The second-order valence-electron chi connectivity index (χ2n) is 3.88. The van der Waals surface area contributed by atoms with Crippen LogP contribution in [0.2, 0.25) is 0 Å². The van der Waals surface area contributed by atoms with Crippen molar-refractivity contribution in [2.45, 2.75) is 26.3 Å². The van der Waals surface area contributed by atoms with Gasteiger partial charge < -0.3 is 10.0 Å². The summed E-state index contributed by atoms with van der Waals surface area (Å²) in [5, 5.41) is 17.5. The van der Waals surface area contributed by atoms with Gasteiger partial charge in [0.25, 0.3) is 0 Å². The molecule has 0 aliphatic heterocycles. The van der Waals surface area contributed by atoms with Gasteiger partial charge in [-0.1, -0.05) is 0 Å². The van der Waals surface area contributed by atoms with Crippen LogP contribution in [0.25, 0.3) is 0 Å². The third-order valence-corrected chi connectivity index (χ3v) is 2.37. The van der Waals surface area contributed by atoms with Gasteiger partial charge in [-0.05, 0) is 32.4 Å². The number of anilines is 1. The van der Waals surface area contributed by atoms with Gasteiger partial charge >= 0.3 is 0 Å². The first-order valence-electron chi connectivity index (χ1n) is 5.42. The van der Waals surface area contributed by atoms with E-state index in [1.54, 1.807) is 12.3 Å². The minimum atomic E-state index is 0.187. The highest BCUT2D eigenvalue weighted by Crippen LogP contribution is 2.16. The summed E-state index contributed by atoms with van der Waals surface area (Å²) in [7, 11) is 0. The predicted octanol–water partition coefficient (Wildman–Crippen LogP) is 1.55. The van der Waals surface area contributed by atoms with Crippen LogP contribution in [0.5, 0.6) is 0 Å². The van der Waals surface area contributed by atoms with Gasteiger partial charge in [-0.3, -0.25) is 0 Å². The fraction of sp³-hybridized carbons (Fsp3) is 0.500. The lowest BCUT2D eigenvalue weighted by atomic mass is 10.2. The number of nitriles is 1. The summed E-state index contributed by atoms with van der Waals surface area (Å²) in [4.78, 5) is 6.20. The van der Waals surface area contributed by atoms with Crippen molar-refractivity contribution in [1.29, 1.82) is 5.26 Å². The van der Waals surface area contributed by atoms with Crippen molar-refractivity contribution in [3.63, 3.8) is 0 Å². The van der Waals surface area contributed by atoms with E-state index in [9.17, 15) is 0 Å². The number of pyridine rings is 1. The van der Waals surface area contributed by atoms with E-state index in [4.69, 9.17) is 10.4 Å². The van der Waals surface area contributed by atoms with Crippen LogP contribution in [0.1, 0.15) is 26.0 Å². The summed E-state index contributed by atoms with van der Waals surface area (Å²) in [5.41, 5.74) is 1.41. The summed E-state index contributed by atoms with van der Waals surface area (Å²) in [5.74, 6) is 0. The lowest BCUT2D eigenvalue weighted by Crippen LogP contribution is -2.32. The zero-order valence-corrected chi connectivity index (χ0v) is 9.72. The molecule has 0 fully saturated rings. The molecule has 0 aliphatic rings. The molecule has 4 nitrogen and oxygen atoms in total. The molecule has 0 aromatic carbocycles. The molecule has 1 aromatic heterocycles. The van der Waals surface area contributed by atoms with Crippen LogP contribution in [0.4, 0.5) is 5.69 Å². The van der Waals surface area contributed by atoms with Crippen molar-refractivity contribution in [2.24, 2.45) is 0 Å². The Kier molecular flexibility index (Phi) is 4.74. The lowest BCUT2D eigenvalue weighted by molar-refractivity contribution is 0.288. The number of hydrogen-bond acceptors (Lipinski definition) is 4. The molecule has 16 heavy (non-hydrogen) atoms. The van der Waals surface area contributed by atoms with Crippen molar-refractivity contribution >= 4 is 5.69 Å². The summed E-state index contributed by atoms with van der Waals surface area (Å²) in [6.07, 6.45) is 2.44. The Morgan fingerprint density at radius 1 is 1.50 bits per heavy atom. The molecule has 0 unspecified atom stereocenters. The first kappa shape index (κ1) is 12.5. The maximum absolute atomic E-state index is 8.84. The van der Waals surface area contributed by atoms with Gasteiger partial charge in [0.2, 0.25) is 0 Å². The third kappa shape index (κ3) is 3.21. The van der Waals surface area contributed by atoms with E-state index >= 15 is 0 Å². The third-order valence-electron chi connectivity index (χ3n) is 2.37. The molecule has 0 amide bonds. The first-order chi connectivity index (χ1) is 7.69. The van der Waals surface area contributed by atoms with Crippen LogP contribution in [-0.2, 0) is 0 Å². The Balaban J connectivity index is 2.80. The smallest absolute Gasteiger partial charge is 0.140 e. The maximum Gasteiger partial charge on any atom is 0.140 e. The fourth-order valence-corrected chi connectivity index (χ4v) is 1.55. The van der Waals surface area contributed by atoms with Crippen LogP contribution in [-0.4, -0.2) is 29.3 Å². The summed E-state index contributed by atoms with van der Waals surface area (Å²) in [6, 6.07) is 5.95. The van der Waals surface area contributed by atoms with E-state index in [-0.39, 0.29) is 6.61 Å². The normalized spacial score (nSPS) is 10.2. The largest absolute Gasteiger partial charge is 0.396 e. The summed E-state index contributed by atoms with van der Waals surface area (Å²) in [6.45, 7) is 5.17. The molecule has 1 rings (SSSR count). The molecule has 0 atom stereocenters. The van der Waals surface area contributed by atoms with Gasteiger partial charge in [0.15, 0.2) is 0 Å². The van der Waals surface area contributed by atoms with Crippen molar-refractivity contribution < 1.29 is 5.11 Å². The van der Waals surface area contributed by atoms with Gasteiger partial charge in [0.1, 0.15) is 11.8 Å². The Labute approximate surface area is 96.2 Å². The van der Waals surface area contributed by atoms with E-state index in [2.05, 4.69) is 23.7 Å². The van der Waals surface area contributed by atoms with E-state index < -0.39 is 0 Å². The molecule has 1 aromatic rings. The number of nitrogens with zero attached hydrogens (tertiary/aromatic N) is 3. The molecule has 0 aliphatic carbocycles. The molecule has 0 saturated heterocycles. The van der Waals surface area contributed by atoms with Crippen molar-refractivity contribution in [3.05, 3.63) is 24.0 Å². The van der Waals surface area contributed by atoms with Crippen LogP contribution >= 0.6 is 0 Å². The van der Waals surface area contributed by atoms with Gasteiger partial charge in [-0.15, -0.1) is 0 Å². The van der Waals surface area contributed by atoms with Gasteiger partial charge in [0.05, 0.1) is 11.9 Å². The summed E-state index contributed by atoms with van der Waals surface area (Å²) >= 11 is 0. The maximum atomic E-state index is 8.84. The number of aliphatic hydroxyl groups excluding tert-OH is 1. The molecule has 1 N–H and O–H groups in total. The minimum absolute atomic E-state index is 0.187. The Bertz CT molecular complexity index is 354.